The van der Waals surface area contributed by atoms with E-state index in [-0.39, 0.29) is 20.0 Å². The van der Waals surface area contributed by atoms with E-state index in [1.165, 1.54) is 5.30 Å². The standard InChI is InChI=1S/C13H21N2OP/c1-5-17(4)12-9-7-6-8-11(12)15-13(16)14-10(2)3/h6-10H,5H2,1-4H3,(H2,14,15,16). The average Bonchev–Trinajstić information content (AvgIpc) is 2.27. The van der Waals surface area contributed by atoms with Crippen molar-refractivity contribution in [2.45, 2.75) is 26.8 Å². The van der Waals surface area contributed by atoms with Gasteiger partial charge >= 0.3 is 6.03 Å². The zero-order valence-corrected chi connectivity index (χ0v) is 11.8. The molecule has 0 aliphatic rings. The maximum atomic E-state index is 11.7. The number of anilines is 1. The first-order chi connectivity index (χ1) is 8.04. The number of benzene rings is 1. The van der Waals surface area contributed by atoms with Gasteiger partial charge in [0.15, 0.2) is 0 Å². The summed E-state index contributed by atoms with van der Waals surface area (Å²) in [7, 11) is -0.188. The number of para-hydroxylation sites is 1. The van der Waals surface area contributed by atoms with Crippen molar-refractivity contribution in [1.82, 2.24) is 5.32 Å². The highest BCUT2D eigenvalue weighted by atomic mass is 31.1. The zero-order valence-electron chi connectivity index (χ0n) is 10.9. The Labute approximate surface area is 105 Å². The van der Waals surface area contributed by atoms with Crippen LogP contribution in [-0.4, -0.2) is 24.9 Å². The van der Waals surface area contributed by atoms with E-state index < -0.39 is 0 Å². The predicted octanol–water partition coefficient (Wildman–Crippen LogP) is 2.97. The molecule has 1 atom stereocenters. The molecule has 1 rings (SSSR count). The Bertz CT molecular complexity index is 379. The summed E-state index contributed by atoms with van der Waals surface area (Å²) in [5.41, 5.74) is 0.932. The lowest BCUT2D eigenvalue weighted by molar-refractivity contribution is 0.250. The van der Waals surface area contributed by atoms with Crippen LogP contribution in [0.1, 0.15) is 20.8 Å². The molecule has 0 fully saturated rings. The number of carbonyl (C=O) groups excluding carboxylic acids is 1. The van der Waals surface area contributed by atoms with Gasteiger partial charge in [0.2, 0.25) is 0 Å². The normalized spacial score (nSPS) is 12.3. The average molecular weight is 252 g/mol. The van der Waals surface area contributed by atoms with E-state index in [2.05, 4.69) is 30.3 Å². The molecule has 0 aromatic heterocycles. The highest BCUT2D eigenvalue weighted by Gasteiger charge is 2.10. The van der Waals surface area contributed by atoms with Crippen LogP contribution in [0.2, 0.25) is 0 Å². The van der Waals surface area contributed by atoms with Crippen molar-refractivity contribution < 1.29 is 4.79 Å². The van der Waals surface area contributed by atoms with Crippen LogP contribution in [0.25, 0.3) is 0 Å². The molecule has 0 heterocycles. The molecule has 0 radical (unpaired) electrons. The van der Waals surface area contributed by atoms with Gasteiger partial charge in [-0.1, -0.05) is 33.0 Å². The van der Waals surface area contributed by atoms with Crippen LogP contribution in [-0.2, 0) is 0 Å². The number of nitrogens with one attached hydrogen (secondary N) is 2. The summed E-state index contributed by atoms with van der Waals surface area (Å²) < 4.78 is 0. The summed E-state index contributed by atoms with van der Waals surface area (Å²) in [6, 6.07) is 8.05. The van der Waals surface area contributed by atoms with E-state index in [1.807, 2.05) is 32.0 Å². The lowest BCUT2D eigenvalue weighted by Crippen LogP contribution is -2.35. The number of amides is 2. The molecule has 1 unspecified atom stereocenters. The molecule has 0 aliphatic carbocycles. The monoisotopic (exact) mass is 252 g/mol. The first kappa shape index (κ1) is 14.0. The molecule has 2 N–H and O–H groups in total. The molecular weight excluding hydrogens is 231 g/mol. The highest BCUT2D eigenvalue weighted by Crippen LogP contribution is 2.31. The van der Waals surface area contributed by atoms with Crippen molar-refractivity contribution in [3.63, 3.8) is 0 Å². The van der Waals surface area contributed by atoms with Crippen LogP contribution in [0, 0.1) is 0 Å². The molecule has 0 aliphatic heterocycles. The fourth-order valence-electron chi connectivity index (χ4n) is 1.50. The van der Waals surface area contributed by atoms with Crippen molar-refractivity contribution in [1.29, 1.82) is 0 Å². The van der Waals surface area contributed by atoms with Crippen LogP contribution in [0.15, 0.2) is 24.3 Å². The molecule has 1 aromatic carbocycles. The first-order valence-corrected chi connectivity index (χ1v) is 7.89. The fraction of sp³-hybridized carbons (Fsp3) is 0.462. The summed E-state index contributed by atoms with van der Waals surface area (Å²) in [6.07, 6.45) is 1.12. The van der Waals surface area contributed by atoms with Gasteiger partial charge in [-0.3, -0.25) is 0 Å². The fourth-order valence-corrected chi connectivity index (χ4v) is 2.73. The van der Waals surface area contributed by atoms with Crippen molar-refractivity contribution in [3.05, 3.63) is 24.3 Å². The Morgan fingerprint density at radius 1 is 1.35 bits per heavy atom. The van der Waals surface area contributed by atoms with E-state index >= 15 is 0 Å². The topological polar surface area (TPSA) is 41.1 Å². The Balaban J connectivity index is 2.80. The molecule has 1 aromatic rings. The number of hydrogen-bond acceptors (Lipinski definition) is 1. The maximum Gasteiger partial charge on any atom is 0.319 e. The molecule has 2 amide bonds. The minimum atomic E-state index is -0.188. The zero-order chi connectivity index (χ0) is 12.8. The summed E-state index contributed by atoms with van der Waals surface area (Å²) in [6.45, 7) is 8.31. The minimum Gasteiger partial charge on any atom is -0.336 e. The number of urea groups is 1. The number of hydrogen-bond donors (Lipinski definition) is 2. The third kappa shape index (κ3) is 4.35. The first-order valence-electron chi connectivity index (χ1n) is 5.92. The van der Waals surface area contributed by atoms with Gasteiger partial charge in [-0.15, -0.1) is 0 Å². The molecule has 0 spiro atoms. The second-order valence-corrected chi connectivity index (χ2v) is 6.79. The lowest BCUT2D eigenvalue weighted by atomic mass is 10.3. The summed E-state index contributed by atoms with van der Waals surface area (Å²) in [5.74, 6) is 0. The van der Waals surface area contributed by atoms with Gasteiger partial charge in [-0.25, -0.2) is 4.79 Å². The number of rotatable bonds is 4. The Morgan fingerprint density at radius 2 is 2.00 bits per heavy atom. The van der Waals surface area contributed by atoms with Crippen molar-refractivity contribution in [2.24, 2.45) is 0 Å². The molecule has 4 heteroatoms. The number of carbonyl (C=O) groups is 1. The SMILES string of the molecule is CCP(C)c1ccccc1NC(=O)NC(C)C. The highest BCUT2D eigenvalue weighted by molar-refractivity contribution is 7.65. The molecule has 17 heavy (non-hydrogen) atoms. The van der Waals surface area contributed by atoms with Crippen LogP contribution in [0.4, 0.5) is 10.5 Å². The molecular formula is C13H21N2OP. The Kier molecular flexibility index (Phi) is 5.43. The molecule has 3 nitrogen and oxygen atoms in total. The van der Waals surface area contributed by atoms with E-state index in [1.54, 1.807) is 0 Å². The smallest absolute Gasteiger partial charge is 0.319 e. The summed E-state index contributed by atoms with van der Waals surface area (Å²) >= 11 is 0. The molecule has 0 saturated carbocycles. The minimum absolute atomic E-state index is 0.132. The van der Waals surface area contributed by atoms with Crippen LogP contribution >= 0.6 is 7.92 Å². The van der Waals surface area contributed by atoms with E-state index in [0.717, 1.165) is 11.8 Å². The maximum absolute atomic E-state index is 11.7. The van der Waals surface area contributed by atoms with Gasteiger partial charge < -0.3 is 10.6 Å². The van der Waals surface area contributed by atoms with Gasteiger partial charge in [-0.2, -0.15) is 0 Å². The van der Waals surface area contributed by atoms with Gasteiger partial charge in [-0.05, 0) is 38.0 Å². The van der Waals surface area contributed by atoms with Crippen molar-refractivity contribution in [2.75, 3.05) is 18.1 Å². The largest absolute Gasteiger partial charge is 0.336 e. The third-order valence-electron chi connectivity index (χ3n) is 2.46. The van der Waals surface area contributed by atoms with Crippen molar-refractivity contribution >= 4 is 24.9 Å². The van der Waals surface area contributed by atoms with E-state index in [0.29, 0.717) is 0 Å². The van der Waals surface area contributed by atoms with Crippen LogP contribution < -0.4 is 15.9 Å². The molecule has 94 valence electrons. The van der Waals surface area contributed by atoms with Crippen molar-refractivity contribution in [3.8, 4) is 0 Å². The summed E-state index contributed by atoms with van der Waals surface area (Å²) in [4.78, 5) is 11.7. The Hall–Kier alpha value is -1.08. The van der Waals surface area contributed by atoms with E-state index in [9.17, 15) is 4.79 Å². The molecule has 0 bridgehead atoms. The van der Waals surface area contributed by atoms with Crippen LogP contribution in [0.5, 0.6) is 0 Å². The van der Waals surface area contributed by atoms with E-state index in [4.69, 9.17) is 0 Å². The summed E-state index contributed by atoms with van der Waals surface area (Å²) in [5, 5.41) is 7.01. The second kappa shape index (κ2) is 6.61. The molecule has 0 saturated heterocycles. The third-order valence-corrected chi connectivity index (χ3v) is 4.62. The van der Waals surface area contributed by atoms with Crippen LogP contribution in [0.3, 0.4) is 0 Å². The predicted molar refractivity (Wildman–Crippen MR) is 76.8 cm³/mol. The second-order valence-electron chi connectivity index (χ2n) is 4.28. The van der Waals surface area contributed by atoms with Gasteiger partial charge in [0.1, 0.15) is 0 Å². The lowest BCUT2D eigenvalue weighted by Gasteiger charge is -2.17. The van der Waals surface area contributed by atoms with Gasteiger partial charge in [0, 0.05) is 6.04 Å². The quantitative estimate of drug-likeness (QED) is 0.795. The van der Waals surface area contributed by atoms with Gasteiger partial charge in [0.25, 0.3) is 0 Å². The Morgan fingerprint density at radius 3 is 2.59 bits per heavy atom. The van der Waals surface area contributed by atoms with Gasteiger partial charge in [0.05, 0.1) is 5.69 Å².